The molecule has 2 aliphatic heterocycles. The minimum Gasteiger partial charge on any atom is -0.354 e. The third kappa shape index (κ3) is 2.89. The van der Waals surface area contributed by atoms with Crippen LogP contribution in [0.15, 0.2) is 6.07 Å². The summed E-state index contributed by atoms with van der Waals surface area (Å²) < 4.78 is 0. The fourth-order valence-corrected chi connectivity index (χ4v) is 3.70. The van der Waals surface area contributed by atoms with Crippen LogP contribution in [0.5, 0.6) is 0 Å². The molecule has 2 aliphatic rings. The minimum absolute atomic E-state index is 0.638. The Hall–Kier alpha value is -1.60. The SMILES string of the molecule is Cc1cc(C)c(C#N)c(N2CCC(N3CCCCC3)C2)n1. The van der Waals surface area contributed by atoms with E-state index in [4.69, 9.17) is 0 Å². The van der Waals surface area contributed by atoms with Gasteiger partial charge in [-0.05, 0) is 57.8 Å². The van der Waals surface area contributed by atoms with Gasteiger partial charge in [0.25, 0.3) is 0 Å². The number of likely N-dealkylation sites (tertiary alicyclic amines) is 1. The second-order valence-electron chi connectivity index (χ2n) is 6.38. The van der Waals surface area contributed by atoms with Gasteiger partial charge in [-0.1, -0.05) is 6.42 Å². The van der Waals surface area contributed by atoms with Gasteiger partial charge in [-0.25, -0.2) is 4.98 Å². The van der Waals surface area contributed by atoms with Gasteiger partial charge in [0.2, 0.25) is 0 Å². The van der Waals surface area contributed by atoms with Gasteiger partial charge in [-0.2, -0.15) is 5.26 Å². The summed E-state index contributed by atoms with van der Waals surface area (Å²) in [4.78, 5) is 9.61. The third-order valence-corrected chi connectivity index (χ3v) is 4.81. The van der Waals surface area contributed by atoms with Crippen molar-refractivity contribution in [3.63, 3.8) is 0 Å². The van der Waals surface area contributed by atoms with Crippen LogP contribution in [0.1, 0.15) is 42.5 Å². The molecule has 2 fully saturated rings. The molecule has 0 amide bonds. The second kappa shape index (κ2) is 6.03. The van der Waals surface area contributed by atoms with Gasteiger partial charge in [0.05, 0.1) is 5.56 Å². The molecule has 4 nitrogen and oxygen atoms in total. The molecule has 1 atom stereocenters. The van der Waals surface area contributed by atoms with E-state index >= 15 is 0 Å². The first-order valence-corrected chi connectivity index (χ1v) is 8.06. The van der Waals surface area contributed by atoms with E-state index in [1.165, 1.54) is 38.8 Å². The second-order valence-corrected chi connectivity index (χ2v) is 6.38. The zero-order valence-corrected chi connectivity index (χ0v) is 13.1. The van der Waals surface area contributed by atoms with Crippen LogP contribution in [0.4, 0.5) is 5.82 Å². The topological polar surface area (TPSA) is 43.2 Å². The predicted molar refractivity (Wildman–Crippen MR) is 84.5 cm³/mol. The van der Waals surface area contributed by atoms with E-state index in [9.17, 15) is 5.26 Å². The van der Waals surface area contributed by atoms with Crippen molar-refractivity contribution in [1.29, 1.82) is 5.26 Å². The molecule has 0 bridgehead atoms. The van der Waals surface area contributed by atoms with Crippen LogP contribution in [0.25, 0.3) is 0 Å². The maximum atomic E-state index is 9.44. The molecule has 2 saturated heterocycles. The van der Waals surface area contributed by atoms with Gasteiger partial charge in [-0.3, -0.25) is 4.90 Å². The number of rotatable bonds is 2. The average molecular weight is 284 g/mol. The number of hydrogen-bond acceptors (Lipinski definition) is 4. The summed E-state index contributed by atoms with van der Waals surface area (Å²) in [7, 11) is 0. The van der Waals surface area contributed by atoms with Crippen molar-refractivity contribution in [2.75, 3.05) is 31.1 Å². The molecule has 3 heterocycles. The molecular weight excluding hydrogens is 260 g/mol. The highest BCUT2D eigenvalue weighted by atomic mass is 15.3. The highest BCUT2D eigenvalue weighted by Crippen LogP contribution is 2.28. The van der Waals surface area contributed by atoms with Gasteiger partial charge >= 0.3 is 0 Å². The van der Waals surface area contributed by atoms with Crippen molar-refractivity contribution in [3.05, 3.63) is 22.9 Å². The Bertz CT molecular complexity index is 555. The standard InChI is InChI=1S/C17H24N4/c1-13-10-14(2)19-17(16(13)11-18)21-9-6-15(12-21)20-7-4-3-5-8-20/h10,15H,3-9,12H2,1-2H3. The van der Waals surface area contributed by atoms with Crippen molar-refractivity contribution in [1.82, 2.24) is 9.88 Å². The molecule has 0 aliphatic carbocycles. The quantitative estimate of drug-likeness (QED) is 0.837. The molecule has 3 rings (SSSR count). The molecule has 0 N–H and O–H groups in total. The zero-order valence-electron chi connectivity index (χ0n) is 13.1. The number of nitriles is 1. The molecule has 1 aromatic heterocycles. The van der Waals surface area contributed by atoms with Crippen molar-refractivity contribution in [2.45, 2.75) is 45.6 Å². The monoisotopic (exact) mass is 284 g/mol. The molecule has 0 radical (unpaired) electrons. The lowest BCUT2D eigenvalue weighted by Gasteiger charge is -2.32. The van der Waals surface area contributed by atoms with E-state index in [-0.39, 0.29) is 0 Å². The van der Waals surface area contributed by atoms with Crippen molar-refractivity contribution in [2.24, 2.45) is 0 Å². The molecule has 21 heavy (non-hydrogen) atoms. The number of anilines is 1. The Kier molecular flexibility index (Phi) is 4.12. The summed E-state index contributed by atoms with van der Waals surface area (Å²) in [5.74, 6) is 0.898. The first kappa shape index (κ1) is 14.3. The fraction of sp³-hybridized carbons (Fsp3) is 0.647. The van der Waals surface area contributed by atoms with E-state index in [1.807, 2.05) is 19.9 Å². The van der Waals surface area contributed by atoms with E-state index in [2.05, 4.69) is 20.9 Å². The van der Waals surface area contributed by atoms with Crippen LogP contribution in [0, 0.1) is 25.2 Å². The zero-order chi connectivity index (χ0) is 14.8. The molecular formula is C17H24N4. The summed E-state index contributed by atoms with van der Waals surface area (Å²) in [6.45, 7) is 8.54. The number of hydrogen-bond donors (Lipinski definition) is 0. The average Bonchev–Trinajstić information content (AvgIpc) is 2.97. The van der Waals surface area contributed by atoms with Gasteiger partial charge < -0.3 is 4.90 Å². The smallest absolute Gasteiger partial charge is 0.147 e. The van der Waals surface area contributed by atoms with E-state index in [0.717, 1.165) is 35.7 Å². The Morgan fingerprint density at radius 2 is 1.95 bits per heavy atom. The molecule has 1 aromatic rings. The Morgan fingerprint density at radius 1 is 1.19 bits per heavy atom. The Labute approximate surface area is 127 Å². The first-order valence-electron chi connectivity index (χ1n) is 8.06. The van der Waals surface area contributed by atoms with Gasteiger partial charge in [0.15, 0.2) is 0 Å². The van der Waals surface area contributed by atoms with Crippen molar-refractivity contribution < 1.29 is 0 Å². The van der Waals surface area contributed by atoms with Crippen LogP contribution < -0.4 is 4.90 Å². The van der Waals surface area contributed by atoms with E-state index < -0.39 is 0 Å². The van der Waals surface area contributed by atoms with E-state index in [0.29, 0.717) is 6.04 Å². The number of piperidine rings is 1. The molecule has 112 valence electrons. The van der Waals surface area contributed by atoms with Crippen molar-refractivity contribution >= 4 is 5.82 Å². The van der Waals surface area contributed by atoms with E-state index in [1.54, 1.807) is 0 Å². The summed E-state index contributed by atoms with van der Waals surface area (Å²) >= 11 is 0. The summed E-state index contributed by atoms with van der Waals surface area (Å²) in [6, 6.07) is 4.98. The van der Waals surface area contributed by atoms with Crippen LogP contribution in [-0.2, 0) is 0 Å². The lowest BCUT2D eigenvalue weighted by molar-refractivity contribution is 0.175. The number of aryl methyl sites for hydroxylation is 2. The first-order chi connectivity index (χ1) is 10.2. The molecule has 0 saturated carbocycles. The van der Waals surface area contributed by atoms with Crippen LogP contribution in [0.2, 0.25) is 0 Å². The number of nitrogens with zero attached hydrogens (tertiary/aromatic N) is 4. The molecule has 0 aromatic carbocycles. The highest BCUT2D eigenvalue weighted by molar-refractivity contribution is 5.58. The molecule has 1 unspecified atom stereocenters. The number of aromatic nitrogens is 1. The normalized spacial score (nSPS) is 23.3. The van der Waals surface area contributed by atoms with Gasteiger partial charge in [0, 0.05) is 24.8 Å². The Morgan fingerprint density at radius 3 is 2.67 bits per heavy atom. The van der Waals surface area contributed by atoms with Gasteiger partial charge in [-0.15, -0.1) is 0 Å². The third-order valence-electron chi connectivity index (χ3n) is 4.81. The summed E-state index contributed by atoms with van der Waals surface area (Å²) in [6.07, 6.45) is 5.24. The molecule has 0 spiro atoms. The van der Waals surface area contributed by atoms with Crippen molar-refractivity contribution in [3.8, 4) is 6.07 Å². The predicted octanol–water partition coefficient (Wildman–Crippen LogP) is 2.63. The van der Waals surface area contributed by atoms with Gasteiger partial charge in [0.1, 0.15) is 11.9 Å². The Balaban J connectivity index is 1.78. The minimum atomic E-state index is 0.638. The maximum absolute atomic E-state index is 9.44. The highest BCUT2D eigenvalue weighted by Gasteiger charge is 2.30. The largest absolute Gasteiger partial charge is 0.354 e. The number of pyridine rings is 1. The lowest BCUT2D eigenvalue weighted by atomic mass is 10.1. The van der Waals surface area contributed by atoms with Crippen LogP contribution >= 0.6 is 0 Å². The van der Waals surface area contributed by atoms with Crippen LogP contribution in [0.3, 0.4) is 0 Å². The van der Waals surface area contributed by atoms with Crippen LogP contribution in [-0.4, -0.2) is 42.1 Å². The fourth-order valence-electron chi connectivity index (χ4n) is 3.70. The summed E-state index contributed by atoms with van der Waals surface area (Å²) in [5, 5.41) is 9.44. The lowest BCUT2D eigenvalue weighted by Crippen LogP contribution is -2.41. The molecule has 4 heteroatoms. The summed E-state index contributed by atoms with van der Waals surface area (Å²) in [5.41, 5.74) is 2.80. The maximum Gasteiger partial charge on any atom is 0.147 e.